The molecule has 3 aromatic carbocycles. The summed E-state index contributed by atoms with van der Waals surface area (Å²) in [5.74, 6) is -0.608. The van der Waals surface area contributed by atoms with Gasteiger partial charge in [0.05, 0.1) is 22.5 Å². The molecule has 1 atom stereocenters. The Balaban J connectivity index is 1.79. The average Bonchev–Trinajstić information content (AvgIpc) is 2.78. The zero-order valence-corrected chi connectivity index (χ0v) is 23.1. The van der Waals surface area contributed by atoms with Gasteiger partial charge in [0, 0.05) is 15.7 Å². The Bertz CT molecular complexity index is 1510. The van der Waals surface area contributed by atoms with Gasteiger partial charge in [0.2, 0.25) is 15.9 Å². The van der Waals surface area contributed by atoms with Crippen molar-refractivity contribution in [2.75, 3.05) is 20.6 Å². The molecule has 0 aliphatic rings. The highest BCUT2D eigenvalue weighted by molar-refractivity contribution is 7.92. The first-order chi connectivity index (χ1) is 16.7. The highest BCUT2D eigenvalue weighted by Crippen LogP contribution is 2.29. The van der Waals surface area contributed by atoms with Gasteiger partial charge in [0.1, 0.15) is 6.04 Å². The third kappa shape index (κ3) is 6.50. The van der Waals surface area contributed by atoms with Gasteiger partial charge in [0.15, 0.2) is 0 Å². The first-order valence-corrected chi connectivity index (χ1v) is 14.7. The number of carbonyl (C=O) groups excluding carboxylic acids is 1. The zero-order chi connectivity index (χ0) is 26.8. The molecule has 192 valence electrons. The summed E-state index contributed by atoms with van der Waals surface area (Å²) in [7, 11) is -7.74. The van der Waals surface area contributed by atoms with Crippen molar-refractivity contribution in [1.29, 1.82) is 0 Å². The van der Waals surface area contributed by atoms with Crippen molar-refractivity contribution < 1.29 is 21.6 Å². The number of halogens is 2. The fraction of sp³-hybridized carbons (Fsp3) is 0.208. The number of benzene rings is 3. The summed E-state index contributed by atoms with van der Waals surface area (Å²) in [5.41, 5.74) is 2.33. The van der Waals surface area contributed by atoms with Crippen LogP contribution in [0.15, 0.2) is 65.6 Å². The molecule has 0 saturated heterocycles. The van der Waals surface area contributed by atoms with Crippen molar-refractivity contribution in [3.05, 3.63) is 81.8 Å². The number of hydrogen-bond donors (Lipinski definition) is 2. The fourth-order valence-electron chi connectivity index (χ4n) is 3.44. The van der Waals surface area contributed by atoms with Crippen LogP contribution in [0.1, 0.15) is 18.1 Å². The topological polar surface area (TPSA) is 113 Å². The lowest BCUT2D eigenvalue weighted by Gasteiger charge is -2.29. The minimum absolute atomic E-state index is 0.0300. The van der Waals surface area contributed by atoms with E-state index < -0.39 is 32.0 Å². The highest BCUT2D eigenvalue weighted by Gasteiger charge is 2.30. The van der Waals surface area contributed by atoms with Gasteiger partial charge < -0.3 is 5.32 Å². The SMILES string of the molecule is Cc1ccc(NS(=O)(=O)c2ccc(NC(=O)[C@H](C)N(c3cc(Cl)ccc3C)S(C)(=O)=O)cc2)cc1Cl. The van der Waals surface area contributed by atoms with Crippen LogP contribution < -0.4 is 14.3 Å². The number of nitrogens with one attached hydrogen (secondary N) is 2. The van der Waals surface area contributed by atoms with E-state index in [0.29, 0.717) is 27.0 Å². The highest BCUT2D eigenvalue weighted by atomic mass is 35.5. The summed E-state index contributed by atoms with van der Waals surface area (Å²) in [6.07, 6.45) is 1.00. The molecular formula is C24H25Cl2N3O5S2. The van der Waals surface area contributed by atoms with Gasteiger partial charge in [0.25, 0.3) is 10.0 Å². The van der Waals surface area contributed by atoms with E-state index in [1.54, 1.807) is 38.1 Å². The maximum Gasteiger partial charge on any atom is 0.261 e. The van der Waals surface area contributed by atoms with Crippen molar-refractivity contribution in [1.82, 2.24) is 0 Å². The molecule has 1 amide bonds. The third-order valence-electron chi connectivity index (χ3n) is 5.35. The van der Waals surface area contributed by atoms with Crippen LogP contribution in [0.25, 0.3) is 0 Å². The van der Waals surface area contributed by atoms with Crippen LogP contribution in [-0.2, 0) is 24.8 Å². The molecule has 3 rings (SSSR count). The summed E-state index contributed by atoms with van der Waals surface area (Å²) in [4.78, 5) is 12.9. The van der Waals surface area contributed by atoms with Crippen LogP contribution in [0, 0.1) is 13.8 Å². The van der Waals surface area contributed by atoms with Gasteiger partial charge in [-0.1, -0.05) is 35.3 Å². The van der Waals surface area contributed by atoms with Crippen LogP contribution in [0.4, 0.5) is 17.1 Å². The molecule has 0 radical (unpaired) electrons. The number of aryl methyl sites for hydroxylation is 2. The van der Waals surface area contributed by atoms with Crippen molar-refractivity contribution >= 4 is 66.2 Å². The van der Waals surface area contributed by atoms with Crippen molar-refractivity contribution in [2.45, 2.75) is 31.7 Å². The molecule has 0 bridgehead atoms. The van der Waals surface area contributed by atoms with Crippen LogP contribution in [0.5, 0.6) is 0 Å². The molecule has 0 aliphatic heterocycles. The molecule has 0 fully saturated rings. The molecule has 0 aliphatic carbocycles. The molecular weight excluding hydrogens is 545 g/mol. The van der Waals surface area contributed by atoms with E-state index in [1.165, 1.54) is 43.3 Å². The van der Waals surface area contributed by atoms with E-state index in [1.807, 2.05) is 0 Å². The minimum atomic E-state index is -3.90. The van der Waals surface area contributed by atoms with Crippen LogP contribution in [-0.4, -0.2) is 35.0 Å². The Morgan fingerprint density at radius 1 is 0.861 bits per heavy atom. The molecule has 8 nitrogen and oxygen atoms in total. The lowest BCUT2D eigenvalue weighted by Crippen LogP contribution is -2.45. The summed E-state index contributed by atoms with van der Waals surface area (Å²) in [5, 5.41) is 3.39. The largest absolute Gasteiger partial charge is 0.324 e. The predicted octanol–water partition coefficient (Wildman–Crippen LogP) is 5.20. The molecule has 0 spiro atoms. The molecule has 3 aromatic rings. The summed E-state index contributed by atoms with van der Waals surface area (Å²) in [6.45, 7) is 4.97. The first-order valence-electron chi connectivity index (χ1n) is 10.6. The summed E-state index contributed by atoms with van der Waals surface area (Å²) >= 11 is 12.1. The number of hydrogen-bond acceptors (Lipinski definition) is 5. The van der Waals surface area contributed by atoms with Crippen LogP contribution in [0.3, 0.4) is 0 Å². The number of sulfonamides is 2. The van der Waals surface area contributed by atoms with Crippen molar-refractivity contribution in [3.8, 4) is 0 Å². The third-order valence-corrected chi connectivity index (χ3v) is 8.62. The quantitative estimate of drug-likeness (QED) is 0.387. The summed E-state index contributed by atoms with van der Waals surface area (Å²) in [6, 6.07) is 14.0. The van der Waals surface area contributed by atoms with E-state index in [4.69, 9.17) is 23.2 Å². The van der Waals surface area contributed by atoms with Gasteiger partial charge in [-0.3, -0.25) is 13.8 Å². The monoisotopic (exact) mass is 569 g/mol. The smallest absolute Gasteiger partial charge is 0.261 e. The Morgan fingerprint density at radius 3 is 2.03 bits per heavy atom. The molecule has 2 N–H and O–H groups in total. The van der Waals surface area contributed by atoms with E-state index in [9.17, 15) is 21.6 Å². The number of rotatable bonds is 8. The van der Waals surface area contributed by atoms with Crippen molar-refractivity contribution in [3.63, 3.8) is 0 Å². The standard InChI is InChI=1S/C24H25Cl2N3O5S2/c1-15-6-8-20(14-22(15)26)28-36(33,34)21-11-9-19(10-12-21)27-24(30)17(3)29(35(4,31)32)23-13-18(25)7-5-16(23)2/h5-14,17,28H,1-4H3,(H,27,30)/t17-/m0/s1. The Hall–Kier alpha value is -2.79. The fourth-order valence-corrected chi connectivity index (χ4v) is 6.06. The van der Waals surface area contributed by atoms with Gasteiger partial charge >= 0.3 is 0 Å². The molecule has 0 heterocycles. The van der Waals surface area contributed by atoms with E-state index in [-0.39, 0.29) is 10.6 Å². The lowest BCUT2D eigenvalue weighted by atomic mass is 10.1. The Labute approximate surface area is 221 Å². The normalized spacial score (nSPS) is 12.6. The second kappa shape index (κ2) is 10.7. The first kappa shape index (κ1) is 27.8. The molecule has 36 heavy (non-hydrogen) atoms. The van der Waals surface area contributed by atoms with Gasteiger partial charge in [-0.15, -0.1) is 0 Å². The summed E-state index contributed by atoms with van der Waals surface area (Å²) < 4.78 is 54.0. The maximum atomic E-state index is 13.0. The molecule has 0 aromatic heterocycles. The number of anilines is 3. The second-order valence-corrected chi connectivity index (χ2v) is 12.6. The van der Waals surface area contributed by atoms with Gasteiger partial charge in [-0.05, 0) is 80.4 Å². The second-order valence-electron chi connectivity index (χ2n) is 8.25. The number of amides is 1. The Morgan fingerprint density at radius 2 is 1.44 bits per heavy atom. The number of carbonyl (C=O) groups is 1. The molecule has 0 saturated carbocycles. The van der Waals surface area contributed by atoms with E-state index in [0.717, 1.165) is 16.1 Å². The molecule has 0 unspecified atom stereocenters. The van der Waals surface area contributed by atoms with Crippen LogP contribution in [0.2, 0.25) is 10.0 Å². The zero-order valence-electron chi connectivity index (χ0n) is 19.9. The van der Waals surface area contributed by atoms with E-state index in [2.05, 4.69) is 10.0 Å². The predicted molar refractivity (Wildman–Crippen MR) is 145 cm³/mol. The number of nitrogens with zero attached hydrogens (tertiary/aromatic N) is 1. The average molecular weight is 571 g/mol. The maximum absolute atomic E-state index is 13.0. The van der Waals surface area contributed by atoms with Crippen molar-refractivity contribution in [2.24, 2.45) is 0 Å². The van der Waals surface area contributed by atoms with Gasteiger partial charge in [-0.2, -0.15) is 0 Å². The lowest BCUT2D eigenvalue weighted by molar-refractivity contribution is -0.116. The van der Waals surface area contributed by atoms with Gasteiger partial charge in [-0.25, -0.2) is 16.8 Å². The molecule has 12 heteroatoms. The Kier molecular flexibility index (Phi) is 8.24. The van der Waals surface area contributed by atoms with Crippen LogP contribution >= 0.6 is 23.2 Å². The van der Waals surface area contributed by atoms with E-state index >= 15 is 0 Å². The minimum Gasteiger partial charge on any atom is -0.324 e.